The summed E-state index contributed by atoms with van der Waals surface area (Å²) in [5.74, 6) is 0.328. The number of thiocarbonyl (C=S) groups is 1. The number of rotatable bonds is 5. The molecular formula is C16H15NO6S3. The Morgan fingerprint density at radius 1 is 1.46 bits per heavy atom. The van der Waals surface area contributed by atoms with Gasteiger partial charge in [-0.3, -0.25) is 14.2 Å². The molecule has 2 aliphatic rings. The minimum atomic E-state index is -4.17. The number of benzene rings is 1. The monoisotopic (exact) mass is 413 g/mol. The van der Waals surface area contributed by atoms with E-state index in [4.69, 9.17) is 26.2 Å². The van der Waals surface area contributed by atoms with Crippen molar-refractivity contribution in [3.8, 4) is 11.5 Å². The number of carbonyl (C=O) groups is 1. The van der Waals surface area contributed by atoms with Gasteiger partial charge in [-0.1, -0.05) is 36.1 Å². The number of ether oxygens (including phenoxy) is 2. The van der Waals surface area contributed by atoms with Crippen molar-refractivity contribution in [2.24, 2.45) is 0 Å². The molecule has 0 unspecified atom stereocenters. The first-order valence-corrected chi connectivity index (χ1v) is 10.3. The third-order valence-electron chi connectivity index (χ3n) is 3.72. The van der Waals surface area contributed by atoms with Gasteiger partial charge in [0, 0.05) is 12.1 Å². The van der Waals surface area contributed by atoms with Crippen LogP contribution < -0.4 is 9.47 Å². The minimum Gasteiger partial charge on any atom is -0.493 e. The van der Waals surface area contributed by atoms with E-state index >= 15 is 0 Å². The van der Waals surface area contributed by atoms with Gasteiger partial charge in [0.25, 0.3) is 16.0 Å². The molecule has 7 nitrogen and oxygen atoms in total. The molecule has 0 spiro atoms. The van der Waals surface area contributed by atoms with Gasteiger partial charge in [0.15, 0.2) is 11.5 Å². The van der Waals surface area contributed by atoms with Crippen LogP contribution in [0, 0.1) is 0 Å². The van der Waals surface area contributed by atoms with E-state index in [1.807, 2.05) is 18.2 Å². The average molecular weight is 413 g/mol. The normalized spacial score (nSPS) is 18.6. The van der Waals surface area contributed by atoms with Crippen LogP contribution in [0.15, 0.2) is 34.8 Å². The molecule has 0 saturated carbocycles. The summed E-state index contributed by atoms with van der Waals surface area (Å²) in [5, 5.41) is 0. The highest BCUT2D eigenvalue weighted by Gasteiger charge is 2.33. The largest absolute Gasteiger partial charge is 0.493 e. The van der Waals surface area contributed by atoms with Crippen LogP contribution in [0.5, 0.6) is 11.5 Å². The van der Waals surface area contributed by atoms with Crippen molar-refractivity contribution in [3.63, 3.8) is 0 Å². The second-order valence-electron chi connectivity index (χ2n) is 5.51. The molecular weight excluding hydrogens is 398 g/mol. The van der Waals surface area contributed by atoms with Gasteiger partial charge in [-0.15, -0.1) is 0 Å². The lowest BCUT2D eigenvalue weighted by atomic mass is 10.1. The first kappa shape index (κ1) is 18.9. The lowest BCUT2D eigenvalue weighted by Gasteiger charge is -2.18. The number of para-hydroxylation sites is 1. The Kier molecular flexibility index (Phi) is 5.37. The molecule has 26 heavy (non-hydrogen) atoms. The summed E-state index contributed by atoms with van der Waals surface area (Å²) in [5.41, 5.74) is 1.62. The van der Waals surface area contributed by atoms with Gasteiger partial charge in [0.1, 0.15) is 10.9 Å². The van der Waals surface area contributed by atoms with Crippen molar-refractivity contribution in [2.75, 3.05) is 26.0 Å². The van der Waals surface area contributed by atoms with E-state index in [1.54, 1.807) is 19.3 Å². The van der Waals surface area contributed by atoms with Crippen LogP contribution in [-0.4, -0.2) is 54.1 Å². The van der Waals surface area contributed by atoms with E-state index in [1.165, 1.54) is 4.90 Å². The van der Waals surface area contributed by atoms with Crippen LogP contribution >= 0.6 is 24.0 Å². The Labute approximate surface area is 160 Å². The van der Waals surface area contributed by atoms with Gasteiger partial charge in [0.2, 0.25) is 0 Å². The third kappa shape index (κ3) is 4.09. The molecule has 1 aromatic rings. The van der Waals surface area contributed by atoms with E-state index in [9.17, 15) is 13.2 Å². The van der Waals surface area contributed by atoms with Crippen molar-refractivity contribution in [1.29, 1.82) is 0 Å². The molecule has 138 valence electrons. The number of carbonyl (C=O) groups excluding carboxylic acids is 1. The number of fused-ring (bicyclic) bond motifs is 1. The number of amides is 1. The molecule has 2 heterocycles. The first-order valence-electron chi connectivity index (χ1n) is 7.49. The van der Waals surface area contributed by atoms with Gasteiger partial charge in [-0.05, 0) is 23.8 Å². The van der Waals surface area contributed by atoms with Gasteiger partial charge in [0.05, 0.1) is 17.8 Å². The fraction of sp³-hybridized carbons (Fsp3) is 0.250. The molecule has 1 aromatic carbocycles. The molecule has 10 heteroatoms. The Hall–Kier alpha value is -1.88. The topological polar surface area (TPSA) is 93.1 Å². The number of hydrogen-bond donors (Lipinski definition) is 1. The van der Waals surface area contributed by atoms with Crippen LogP contribution in [0.25, 0.3) is 6.08 Å². The SMILES string of the molecule is COc1cccc2c1OCC(C=C1SC(=S)N(CCS(=O)(=O)O)C1=O)=C2. The van der Waals surface area contributed by atoms with E-state index < -0.39 is 15.9 Å². The smallest absolute Gasteiger partial charge is 0.266 e. The standard InChI is InChI=1S/C16H15NO6S3/c1-22-12-4-2-3-11-7-10(9-23-14(11)12)8-13-15(18)17(16(24)25-13)5-6-26(19,20)21/h2-4,7-8H,5-6,9H2,1H3,(H,19,20,21). The molecule has 0 atom stereocenters. The van der Waals surface area contributed by atoms with E-state index in [0.29, 0.717) is 16.4 Å². The van der Waals surface area contributed by atoms with E-state index in [0.717, 1.165) is 22.9 Å². The first-order chi connectivity index (χ1) is 12.3. The quantitative estimate of drug-likeness (QED) is 0.446. The maximum Gasteiger partial charge on any atom is 0.266 e. The lowest BCUT2D eigenvalue weighted by molar-refractivity contribution is -0.122. The number of hydrogen-bond acceptors (Lipinski definition) is 7. The highest BCUT2D eigenvalue weighted by molar-refractivity contribution is 8.26. The van der Waals surface area contributed by atoms with E-state index in [2.05, 4.69) is 0 Å². The van der Waals surface area contributed by atoms with Crippen molar-refractivity contribution in [3.05, 3.63) is 40.3 Å². The molecule has 1 saturated heterocycles. The highest BCUT2D eigenvalue weighted by atomic mass is 32.2. The Morgan fingerprint density at radius 2 is 2.23 bits per heavy atom. The van der Waals surface area contributed by atoms with Crippen LogP contribution in [0.1, 0.15) is 5.56 Å². The summed E-state index contributed by atoms with van der Waals surface area (Å²) in [6.07, 6.45) is 3.57. The van der Waals surface area contributed by atoms with Crippen molar-refractivity contribution < 1.29 is 27.2 Å². The predicted octanol–water partition coefficient (Wildman–Crippen LogP) is 2.10. The van der Waals surface area contributed by atoms with Gasteiger partial charge in [-0.25, -0.2) is 0 Å². The van der Waals surface area contributed by atoms with Gasteiger partial charge >= 0.3 is 0 Å². The van der Waals surface area contributed by atoms with Gasteiger partial charge < -0.3 is 9.47 Å². The Balaban J connectivity index is 1.81. The predicted molar refractivity (Wildman–Crippen MR) is 103 cm³/mol. The average Bonchev–Trinajstić information content (AvgIpc) is 2.85. The van der Waals surface area contributed by atoms with Crippen molar-refractivity contribution in [1.82, 2.24) is 4.90 Å². The molecule has 1 N–H and O–H groups in total. The summed E-state index contributed by atoms with van der Waals surface area (Å²) >= 11 is 6.22. The minimum absolute atomic E-state index is 0.184. The van der Waals surface area contributed by atoms with E-state index in [-0.39, 0.29) is 23.4 Å². The fourth-order valence-corrected chi connectivity index (χ4v) is 4.25. The van der Waals surface area contributed by atoms with Gasteiger partial charge in [-0.2, -0.15) is 8.42 Å². The Morgan fingerprint density at radius 3 is 2.92 bits per heavy atom. The molecule has 0 radical (unpaired) electrons. The van der Waals surface area contributed by atoms with Crippen LogP contribution in [-0.2, 0) is 14.9 Å². The summed E-state index contributed by atoms with van der Waals surface area (Å²) in [4.78, 5) is 14.0. The summed E-state index contributed by atoms with van der Waals surface area (Å²) < 4.78 is 41.9. The van der Waals surface area contributed by atoms with Crippen LogP contribution in [0.2, 0.25) is 0 Å². The maximum atomic E-state index is 12.4. The molecule has 1 amide bonds. The zero-order valence-corrected chi connectivity index (χ0v) is 16.1. The number of methoxy groups -OCH3 is 1. The summed E-state index contributed by atoms with van der Waals surface area (Å²) in [6.45, 7) is 0.0823. The molecule has 3 rings (SSSR count). The lowest BCUT2D eigenvalue weighted by Crippen LogP contribution is -2.32. The molecule has 0 bridgehead atoms. The third-order valence-corrected chi connectivity index (χ3v) is 5.79. The maximum absolute atomic E-state index is 12.4. The number of thioether (sulfide) groups is 1. The molecule has 2 aliphatic heterocycles. The van der Waals surface area contributed by atoms with Crippen molar-refractivity contribution in [2.45, 2.75) is 0 Å². The van der Waals surface area contributed by atoms with Crippen molar-refractivity contribution >= 4 is 50.4 Å². The second kappa shape index (κ2) is 7.39. The Bertz CT molecular complexity index is 935. The zero-order chi connectivity index (χ0) is 18.9. The molecule has 0 aromatic heterocycles. The van der Waals surface area contributed by atoms with Crippen LogP contribution in [0.4, 0.5) is 0 Å². The zero-order valence-electron chi connectivity index (χ0n) is 13.7. The summed E-state index contributed by atoms with van der Waals surface area (Å²) in [7, 11) is -2.60. The fourth-order valence-electron chi connectivity index (χ4n) is 2.51. The second-order valence-corrected chi connectivity index (χ2v) is 8.75. The summed E-state index contributed by atoms with van der Waals surface area (Å²) in [6, 6.07) is 5.52. The molecule has 1 fully saturated rings. The number of nitrogens with zero attached hydrogens (tertiary/aromatic N) is 1. The highest BCUT2D eigenvalue weighted by Crippen LogP contribution is 2.37. The van der Waals surface area contributed by atoms with Crippen LogP contribution in [0.3, 0.4) is 0 Å². The molecule has 0 aliphatic carbocycles.